The van der Waals surface area contributed by atoms with Gasteiger partial charge in [0.2, 0.25) is 0 Å². The number of rotatable bonds is 3. The fourth-order valence-corrected chi connectivity index (χ4v) is 5.42. The molecule has 1 aliphatic heterocycles. The van der Waals surface area contributed by atoms with Gasteiger partial charge < -0.3 is 15.7 Å². The monoisotopic (exact) mass is 446 g/mol. The van der Waals surface area contributed by atoms with Crippen molar-refractivity contribution in [3.05, 3.63) is 68.7 Å². The third-order valence-corrected chi connectivity index (χ3v) is 6.87. The lowest BCUT2D eigenvalue weighted by molar-refractivity contribution is -0.141. The Bertz CT molecular complexity index is 1010. The summed E-state index contributed by atoms with van der Waals surface area (Å²) in [6, 6.07) is 9.12. The molecule has 2 aliphatic rings. The molecule has 2 aromatic carbocycles. The molecule has 1 heterocycles. The largest absolute Gasteiger partial charge is 0.481 e. The van der Waals surface area contributed by atoms with E-state index in [4.69, 9.17) is 28.9 Å². The summed E-state index contributed by atoms with van der Waals surface area (Å²) in [5.74, 6) is -2.14. The summed E-state index contributed by atoms with van der Waals surface area (Å²) in [4.78, 5) is 28.0. The highest BCUT2D eigenvalue weighted by atomic mass is 35.5. The number of amides is 1. The van der Waals surface area contributed by atoms with Crippen LogP contribution in [0.2, 0.25) is 10.0 Å². The van der Waals surface area contributed by atoms with Crippen molar-refractivity contribution >= 4 is 35.1 Å². The first kappa shape index (κ1) is 21.2. The third kappa shape index (κ3) is 3.59. The molecule has 0 spiro atoms. The van der Waals surface area contributed by atoms with Crippen LogP contribution in [0, 0.1) is 6.92 Å². The van der Waals surface area contributed by atoms with Gasteiger partial charge in [0.1, 0.15) is 5.92 Å². The van der Waals surface area contributed by atoms with Gasteiger partial charge in [-0.3, -0.25) is 9.59 Å². The van der Waals surface area contributed by atoms with Crippen LogP contribution < -0.4 is 5.73 Å². The van der Waals surface area contributed by atoms with E-state index >= 15 is 0 Å². The molecule has 0 bridgehead atoms. The molecule has 5 nitrogen and oxygen atoms in total. The average Bonchev–Trinajstić information content (AvgIpc) is 2.69. The number of carbonyl (C=O) groups is 2. The van der Waals surface area contributed by atoms with Crippen molar-refractivity contribution < 1.29 is 14.7 Å². The van der Waals surface area contributed by atoms with E-state index in [-0.39, 0.29) is 18.0 Å². The highest BCUT2D eigenvalue weighted by Crippen LogP contribution is 2.47. The van der Waals surface area contributed by atoms with E-state index in [0.717, 1.165) is 31.2 Å². The Morgan fingerprint density at radius 3 is 2.47 bits per heavy atom. The lowest BCUT2D eigenvalue weighted by Crippen LogP contribution is -2.56. The Hall–Kier alpha value is -2.08. The summed E-state index contributed by atoms with van der Waals surface area (Å²) in [6.45, 7) is 1.89. The summed E-state index contributed by atoms with van der Waals surface area (Å²) in [6.07, 6.45) is 3.49. The van der Waals surface area contributed by atoms with Gasteiger partial charge >= 0.3 is 5.97 Å². The SMILES string of the molecule is Cc1ccc2c(c1)C(=O)N([C@H]1CCCC[C@@H]1N)[C@@H](c1ccc(Cl)cc1Cl)[C@@H]2C(=O)O. The van der Waals surface area contributed by atoms with Gasteiger partial charge in [-0.25, -0.2) is 0 Å². The first-order chi connectivity index (χ1) is 14.3. The molecule has 0 aromatic heterocycles. The van der Waals surface area contributed by atoms with Crippen LogP contribution in [0.4, 0.5) is 0 Å². The van der Waals surface area contributed by atoms with E-state index in [1.54, 1.807) is 35.2 Å². The predicted octanol–water partition coefficient (Wildman–Crippen LogP) is 4.94. The molecule has 3 N–H and O–H groups in total. The number of carboxylic acids is 1. The lowest BCUT2D eigenvalue weighted by atomic mass is 9.76. The van der Waals surface area contributed by atoms with Gasteiger partial charge in [0.15, 0.2) is 0 Å². The van der Waals surface area contributed by atoms with E-state index in [1.807, 2.05) is 13.0 Å². The average molecular weight is 447 g/mol. The number of nitrogens with zero attached hydrogens (tertiary/aromatic N) is 1. The zero-order valence-electron chi connectivity index (χ0n) is 16.6. The first-order valence-electron chi connectivity index (χ1n) is 10.2. The van der Waals surface area contributed by atoms with Crippen molar-refractivity contribution in [1.29, 1.82) is 0 Å². The maximum absolute atomic E-state index is 13.8. The summed E-state index contributed by atoms with van der Waals surface area (Å²) in [7, 11) is 0. The van der Waals surface area contributed by atoms with Crippen LogP contribution in [0.25, 0.3) is 0 Å². The van der Waals surface area contributed by atoms with E-state index in [9.17, 15) is 14.7 Å². The van der Waals surface area contributed by atoms with Gasteiger partial charge in [-0.2, -0.15) is 0 Å². The van der Waals surface area contributed by atoms with Crippen molar-refractivity contribution in [3.8, 4) is 0 Å². The second-order valence-corrected chi connectivity index (χ2v) is 9.09. The number of carboxylic acid groups (broad SMARTS) is 1. The highest BCUT2D eigenvalue weighted by molar-refractivity contribution is 6.35. The van der Waals surface area contributed by atoms with E-state index in [2.05, 4.69) is 0 Å². The normalized spacial score (nSPS) is 26.4. The maximum Gasteiger partial charge on any atom is 0.313 e. The summed E-state index contributed by atoms with van der Waals surface area (Å²) < 4.78 is 0. The zero-order valence-corrected chi connectivity index (χ0v) is 18.2. The number of fused-ring (bicyclic) bond motifs is 1. The fourth-order valence-electron chi connectivity index (χ4n) is 4.90. The molecule has 7 heteroatoms. The van der Waals surface area contributed by atoms with Gasteiger partial charge in [0, 0.05) is 27.7 Å². The molecule has 0 radical (unpaired) electrons. The van der Waals surface area contributed by atoms with Crippen LogP contribution in [0.3, 0.4) is 0 Å². The van der Waals surface area contributed by atoms with Crippen LogP contribution in [-0.2, 0) is 4.79 Å². The zero-order chi connectivity index (χ0) is 21.6. The minimum atomic E-state index is -1.00. The molecule has 0 unspecified atom stereocenters. The van der Waals surface area contributed by atoms with Gasteiger partial charge in [-0.15, -0.1) is 0 Å². The minimum Gasteiger partial charge on any atom is -0.481 e. The van der Waals surface area contributed by atoms with Gasteiger partial charge in [-0.05, 0) is 49.1 Å². The van der Waals surface area contributed by atoms with Crippen molar-refractivity contribution in [1.82, 2.24) is 4.90 Å². The molecule has 158 valence electrons. The fraction of sp³-hybridized carbons (Fsp3) is 0.391. The van der Waals surface area contributed by atoms with E-state index in [0.29, 0.717) is 26.7 Å². The number of hydrogen-bond acceptors (Lipinski definition) is 3. The van der Waals surface area contributed by atoms with Crippen molar-refractivity contribution in [2.45, 2.75) is 56.7 Å². The molecule has 30 heavy (non-hydrogen) atoms. The highest BCUT2D eigenvalue weighted by Gasteiger charge is 2.48. The molecule has 1 amide bonds. The van der Waals surface area contributed by atoms with E-state index in [1.165, 1.54) is 0 Å². The molecular weight excluding hydrogens is 423 g/mol. The molecular formula is C23H24Cl2N2O3. The Labute approximate surface area is 185 Å². The van der Waals surface area contributed by atoms with Crippen molar-refractivity contribution in [3.63, 3.8) is 0 Å². The van der Waals surface area contributed by atoms with Crippen LogP contribution in [-0.4, -0.2) is 34.0 Å². The Morgan fingerprint density at radius 2 is 1.80 bits per heavy atom. The molecule has 2 aromatic rings. The van der Waals surface area contributed by atoms with Crippen LogP contribution in [0.5, 0.6) is 0 Å². The van der Waals surface area contributed by atoms with Crippen molar-refractivity contribution in [2.75, 3.05) is 0 Å². The number of hydrogen-bond donors (Lipinski definition) is 2. The molecule has 0 saturated heterocycles. The molecule has 4 atom stereocenters. The number of benzene rings is 2. The standard InChI is InChI=1S/C23H24Cl2N2O3/c1-12-6-8-14-16(10-12)22(28)27(19-5-3-2-4-18(19)26)21(20(14)23(29)30)15-9-7-13(24)11-17(15)25/h6-11,18-21H,2-5,26H2,1H3,(H,29,30)/t18-,19-,20+,21-/m0/s1. The summed E-state index contributed by atoms with van der Waals surface area (Å²) in [5.41, 5.74) is 8.87. The topological polar surface area (TPSA) is 83.6 Å². The molecule has 1 saturated carbocycles. The smallest absolute Gasteiger partial charge is 0.313 e. The Balaban J connectivity index is 1.96. The quantitative estimate of drug-likeness (QED) is 0.699. The van der Waals surface area contributed by atoms with Crippen LogP contribution in [0.15, 0.2) is 36.4 Å². The third-order valence-electron chi connectivity index (χ3n) is 6.31. The summed E-state index contributed by atoms with van der Waals surface area (Å²) in [5, 5.41) is 11.1. The predicted molar refractivity (Wildman–Crippen MR) is 117 cm³/mol. The number of aliphatic carboxylic acids is 1. The maximum atomic E-state index is 13.8. The number of nitrogens with two attached hydrogens (primary N) is 1. The summed E-state index contributed by atoms with van der Waals surface area (Å²) >= 11 is 12.6. The first-order valence-corrected chi connectivity index (χ1v) is 10.9. The second kappa shape index (κ2) is 8.22. The van der Waals surface area contributed by atoms with Gasteiger partial charge in [0.25, 0.3) is 5.91 Å². The van der Waals surface area contributed by atoms with Crippen LogP contribution in [0.1, 0.15) is 64.7 Å². The van der Waals surface area contributed by atoms with Gasteiger partial charge in [0.05, 0.1) is 6.04 Å². The minimum absolute atomic E-state index is 0.190. The number of halogens is 2. The molecule has 1 aliphatic carbocycles. The Kier molecular flexibility index (Phi) is 5.80. The number of aryl methyl sites for hydroxylation is 1. The second-order valence-electron chi connectivity index (χ2n) is 8.25. The van der Waals surface area contributed by atoms with E-state index < -0.39 is 17.9 Å². The lowest BCUT2D eigenvalue weighted by Gasteiger charge is -2.48. The Morgan fingerprint density at radius 1 is 1.10 bits per heavy atom. The van der Waals surface area contributed by atoms with Crippen molar-refractivity contribution in [2.24, 2.45) is 5.73 Å². The number of carbonyl (C=O) groups excluding carboxylic acids is 1. The van der Waals surface area contributed by atoms with Crippen LogP contribution >= 0.6 is 23.2 Å². The molecule has 1 fully saturated rings. The molecule has 4 rings (SSSR count). The van der Waals surface area contributed by atoms with Gasteiger partial charge in [-0.1, -0.05) is 59.8 Å².